The smallest absolute Gasteiger partial charge is 0.356 e. The first-order valence-corrected chi connectivity index (χ1v) is 8.93. The molecule has 2 atom stereocenters. The molecule has 3 fully saturated rings. The summed E-state index contributed by atoms with van der Waals surface area (Å²) in [7, 11) is 1.71. The molecule has 3 aliphatic rings. The van der Waals surface area contributed by atoms with Crippen molar-refractivity contribution in [3.8, 4) is 0 Å². The summed E-state index contributed by atoms with van der Waals surface area (Å²) in [5.74, 6) is 1.34. The fraction of sp³-hybridized carbons (Fsp3) is 0.938. The number of likely N-dealkylation sites (tertiary alicyclic amines) is 2. The van der Waals surface area contributed by atoms with Crippen molar-refractivity contribution in [2.24, 2.45) is 10.9 Å². The van der Waals surface area contributed by atoms with Crippen LogP contribution in [0.2, 0.25) is 0 Å². The Morgan fingerprint density at radius 3 is 2.52 bits per heavy atom. The van der Waals surface area contributed by atoms with Gasteiger partial charge in [-0.15, -0.1) is 24.0 Å². The average Bonchev–Trinajstić information content (AvgIpc) is 3.10. The van der Waals surface area contributed by atoms with Crippen molar-refractivity contribution < 1.29 is 13.2 Å². The van der Waals surface area contributed by atoms with Gasteiger partial charge in [0.2, 0.25) is 0 Å². The fourth-order valence-electron chi connectivity index (χ4n) is 3.78. The van der Waals surface area contributed by atoms with Crippen molar-refractivity contribution in [1.82, 2.24) is 20.4 Å². The molecule has 2 N–H and O–H groups in total. The number of hydrogen-bond donors (Lipinski definition) is 2. The van der Waals surface area contributed by atoms with Gasteiger partial charge in [0.05, 0.1) is 6.54 Å². The van der Waals surface area contributed by atoms with Crippen molar-refractivity contribution in [3.05, 3.63) is 0 Å². The molecule has 1 aliphatic carbocycles. The van der Waals surface area contributed by atoms with Gasteiger partial charge in [-0.25, -0.2) is 0 Å². The van der Waals surface area contributed by atoms with Crippen LogP contribution in [0.1, 0.15) is 25.7 Å². The zero-order valence-corrected chi connectivity index (χ0v) is 17.0. The van der Waals surface area contributed by atoms with E-state index >= 15 is 0 Å². The molecule has 0 spiro atoms. The van der Waals surface area contributed by atoms with E-state index in [4.69, 9.17) is 0 Å². The lowest BCUT2D eigenvalue weighted by molar-refractivity contribution is -0.143. The van der Waals surface area contributed by atoms with Crippen molar-refractivity contribution in [2.75, 3.05) is 46.3 Å². The lowest BCUT2D eigenvalue weighted by Crippen LogP contribution is -2.46. The van der Waals surface area contributed by atoms with E-state index in [9.17, 15) is 13.2 Å². The highest BCUT2D eigenvalue weighted by Crippen LogP contribution is 2.31. The van der Waals surface area contributed by atoms with E-state index in [-0.39, 0.29) is 30.0 Å². The Labute approximate surface area is 164 Å². The Hall–Kier alpha value is -0.290. The SMILES string of the molecule is CN=C(NCC1CCN(C2CC2)C1)NC1CCN(CC(F)(F)F)C1.I. The Bertz CT molecular complexity index is 456. The van der Waals surface area contributed by atoms with E-state index in [1.807, 2.05) is 0 Å². The molecule has 25 heavy (non-hydrogen) atoms. The molecule has 2 saturated heterocycles. The van der Waals surface area contributed by atoms with Gasteiger partial charge in [-0.1, -0.05) is 0 Å². The largest absolute Gasteiger partial charge is 0.401 e. The van der Waals surface area contributed by atoms with Gasteiger partial charge in [-0.05, 0) is 38.1 Å². The number of nitrogens with zero attached hydrogens (tertiary/aromatic N) is 3. The molecule has 2 unspecified atom stereocenters. The first-order valence-electron chi connectivity index (χ1n) is 8.93. The van der Waals surface area contributed by atoms with Crippen LogP contribution in [0, 0.1) is 5.92 Å². The van der Waals surface area contributed by atoms with E-state index in [0.29, 0.717) is 25.0 Å². The highest BCUT2D eigenvalue weighted by molar-refractivity contribution is 14.0. The topological polar surface area (TPSA) is 42.9 Å². The second kappa shape index (κ2) is 9.07. The molecule has 146 valence electrons. The van der Waals surface area contributed by atoms with Crippen LogP contribution in [0.15, 0.2) is 4.99 Å². The second-order valence-electron chi connectivity index (χ2n) is 7.31. The Morgan fingerprint density at radius 1 is 1.12 bits per heavy atom. The summed E-state index contributed by atoms with van der Waals surface area (Å²) >= 11 is 0. The number of halogens is 4. The zero-order chi connectivity index (χ0) is 17.2. The standard InChI is InChI=1S/C16H28F3N5.HI/c1-20-15(21-8-12-4-7-24(9-12)14-2-3-14)22-13-5-6-23(10-13)11-16(17,18)19;/h12-14H,2-11H2,1H3,(H2,20,21,22);1H. The van der Waals surface area contributed by atoms with Gasteiger partial charge in [-0.3, -0.25) is 9.89 Å². The second-order valence-corrected chi connectivity index (χ2v) is 7.31. The first-order chi connectivity index (χ1) is 11.4. The van der Waals surface area contributed by atoms with Crippen LogP contribution in [0.4, 0.5) is 13.2 Å². The molecule has 3 rings (SSSR count). The normalized spacial score (nSPS) is 28.9. The Kier molecular flexibility index (Phi) is 7.63. The molecule has 2 heterocycles. The minimum absolute atomic E-state index is 0. The maximum absolute atomic E-state index is 12.4. The number of rotatable bonds is 5. The average molecular weight is 475 g/mol. The summed E-state index contributed by atoms with van der Waals surface area (Å²) in [4.78, 5) is 8.25. The number of guanidine groups is 1. The predicted molar refractivity (Wildman–Crippen MR) is 104 cm³/mol. The molecule has 2 aliphatic heterocycles. The minimum atomic E-state index is -4.12. The zero-order valence-electron chi connectivity index (χ0n) is 14.7. The predicted octanol–water partition coefficient (Wildman–Crippen LogP) is 1.89. The van der Waals surface area contributed by atoms with Gasteiger partial charge >= 0.3 is 6.18 Å². The number of hydrogen-bond acceptors (Lipinski definition) is 3. The number of nitrogens with one attached hydrogen (secondary N) is 2. The van der Waals surface area contributed by atoms with Crippen LogP contribution in [0.25, 0.3) is 0 Å². The third-order valence-corrected chi connectivity index (χ3v) is 5.18. The molecule has 0 aromatic heterocycles. The van der Waals surface area contributed by atoms with Crippen LogP contribution in [-0.4, -0.2) is 80.3 Å². The molecule has 1 saturated carbocycles. The quantitative estimate of drug-likeness (QED) is 0.362. The van der Waals surface area contributed by atoms with E-state index in [1.165, 1.54) is 30.7 Å². The summed E-state index contributed by atoms with van der Waals surface area (Å²) in [6.45, 7) is 3.29. The molecule has 0 bridgehead atoms. The van der Waals surface area contributed by atoms with Crippen LogP contribution >= 0.6 is 24.0 Å². The first kappa shape index (κ1) is 21.0. The van der Waals surface area contributed by atoms with Gasteiger partial charge in [-0.2, -0.15) is 13.2 Å². The Morgan fingerprint density at radius 2 is 1.88 bits per heavy atom. The molecule has 9 heteroatoms. The van der Waals surface area contributed by atoms with E-state index in [0.717, 1.165) is 25.6 Å². The fourth-order valence-corrected chi connectivity index (χ4v) is 3.78. The maximum atomic E-state index is 12.4. The Balaban J connectivity index is 0.00000225. The van der Waals surface area contributed by atoms with Gasteiger partial charge in [0.15, 0.2) is 5.96 Å². The van der Waals surface area contributed by atoms with E-state index < -0.39 is 12.7 Å². The molecule has 0 radical (unpaired) electrons. The highest BCUT2D eigenvalue weighted by Gasteiger charge is 2.35. The molecular formula is C16H29F3IN5. The van der Waals surface area contributed by atoms with Crippen LogP contribution < -0.4 is 10.6 Å². The summed E-state index contributed by atoms with van der Waals surface area (Å²) in [5.41, 5.74) is 0. The number of aliphatic imine (C=N–C) groups is 1. The summed E-state index contributed by atoms with van der Waals surface area (Å²) in [5, 5.41) is 6.62. The van der Waals surface area contributed by atoms with Gasteiger partial charge in [0, 0.05) is 45.3 Å². The summed E-state index contributed by atoms with van der Waals surface area (Å²) < 4.78 is 37.3. The van der Waals surface area contributed by atoms with E-state index in [2.05, 4.69) is 20.5 Å². The van der Waals surface area contributed by atoms with Crippen LogP contribution in [0.3, 0.4) is 0 Å². The van der Waals surface area contributed by atoms with Gasteiger partial charge in [0.1, 0.15) is 0 Å². The van der Waals surface area contributed by atoms with Gasteiger partial charge in [0.25, 0.3) is 0 Å². The van der Waals surface area contributed by atoms with Crippen molar-refractivity contribution in [2.45, 2.75) is 43.9 Å². The summed E-state index contributed by atoms with van der Waals surface area (Å²) in [6, 6.07) is 0.857. The summed E-state index contributed by atoms with van der Waals surface area (Å²) in [6.07, 6.45) is 0.503. The van der Waals surface area contributed by atoms with E-state index in [1.54, 1.807) is 7.05 Å². The lowest BCUT2D eigenvalue weighted by atomic mass is 10.1. The molecule has 0 aromatic rings. The highest BCUT2D eigenvalue weighted by atomic mass is 127. The van der Waals surface area contributed by atoms with Crippen molar-refractivity contribution >= 4 is 29.9 Å². The van der Waals surface area contributed by atoms with Crippen molar-refractivity contribution in [1.29, 1.82) is 0 Å². The third-order valence-electron chi connectivity index (χ3n) is 5.18. The molecular weight excluding hydrogens is 446 g/mol. The minimum Gasteiger partial charge on any atom is -0.356 e. The molecule has 5 nitrogen and oxygen atoms in total. The van der Waals surface area contributed by atoms with Crippen molar-refractivity contribution in [3.63, 3.8) is 0 Å². The maximum Gasteiger partial charge on any atom is 0.401 e. The monoisotopic (exact) mass is 475 g/mol. The lowest BCUT2D eigenvalue weighted by Gasteiger charge is -2.21. The molecule has 0 aromatic carbocycles. The third kappa shape index (κ3) is 6.74. The van der Waals surface area contributed by atoms with Crippen LogP contribution in [0.5, 0.6) is 0 Å². The molecule has 0 amide bonds. The van der Waals surface area contributed by atoms with Gasteiger partial charge < -0.3 is 15.5 Å². The van der Waals surface area contributed by atoms with Crippen LogP contribution in [-0.2, 0) is 0 Å². The number of alkyl halides is 3.